The first kappa shape index (κ1) is 12.2. The molecule has 0 unspecified atom stereocenters. The number of carbonyl (C=O) groups is 1. The van der Waals surface area contributed by atoms with E-state index < -0.39 is 0 Å². The third-order valence-electron chi connectivity index (χ3n) is 3.04. The number of hydrogen-bond acceptors (Lipinski definition) is 4. The van der Waals surface area contributed by atoms with Gasteiger partial charge in [-0.15, -0.1) is 11.3 Å². The highest BCUT2D eigenvalue weighted by Crippen LogP contribution is 2.27. The third-order valence-corrected chi connectivity index (χ3v) is 4.04. The Kier molecular flexibility index (Phi) is 3.23. The van der Waals surface area contributed by atoms with Crippen LogP contribution in [0.4, 0.5) is 5.69 Å². The van der Waals surface area contributed by atoms with E-state index in [1.165, 1.54) is 0 Å². The zero-order valence-electron chi connectivity index (χ0n) is 10.3. The van der Waals surface area contributed by atoms with Crippen LogP contribution in [-0.2, 0) is 11.2 Å². The lowest BCUT2D eigenvalue weighted by Crippen LogP contribution is -2.17. The zero-order chi connectivity index (χ0) is 13.2. The monoisotopic (exact) mass is 274 g/mol. The Balaban J connectivity index is 1.65. The Morgan fingerprint density at radius 3 is 3.11 bits per heavy atom. The van der Waals surface area contributed by atoms with E-state index >= 15 is 0 Å². The van der Waals surface area contributed by atoms with Crippen molar-refractivity contribution in [3.05, 3.63) is 46.2 Å². The molecule has 4 nitrogen and oxygen atoms in total. The Morgan fingerprint density at radius 2 is 2.32 bits per heavy atom. The molecule has 2 aromatic rings. The number of nitrogens with two attached hydrogens (primary N) is 1. The van der Waals surface area contributed by atoms with Crippen molar-refractivity contribution in [1.29, 1.82) is 0 Å². The average molecular weight is 274 g/mol. The van der Waals surface area contributed by atoms with Crippen LogP contribution in [0.15, 0.2) is 35.7 Å². The van der Waals surface area contributed by atoms with Crippen molar-refractivity contribution in [2.24, 2.45) is 5.73 Å². The minimum Gasteiger partial charge on any atom is -0.492 e. The summed E-state index contributed by atoms with van der Waals surface area (Å²) in [7, 11) is 0. The van der Waals surface area contributed by atoms with Crippen LogP contribution in [0, 0.1) is 0 Å². The Morgan fingerprint density at radius 1 is 1.42 bits per heavy atom. The van der Waals surface area contributed by atoms with Gasteiger partial charge < -0.3 is 15.8 Å². The fourth-order valence-electron chi connectivity index (χ4n) is 2.07. The van der Waals surface area contributed by atoms with Crippen molar-refractivity contribution in [3.63, 3.8) is 0 Å². The zero-order valence-corrected chi connectivity index (χ0v) is 11.1. The number of carbonyl (C=O) groups excluding carboxylic acids is 1. The molecule has 0 fully saturated rings. The van der Waals surface area contributed by atoms with Crippen LogP contribution in [0.5, 0.6) is 5.75 Å². The molecule has 1 aliphatic heterocycles. The molecule has 1 aromatic heterocycles. The highest BCUT2D eigenvalue weighted by Gasteiger charge is 2.18. The lowest BCUT2D eigenvalue weighted by Gasteiger charge is -2.12. The molecular formula is C14H14N2O2S. The first-order valence-electron chi connectivity index (χ1n) is 6.07. The molecule has 98 valence electrons. The number of nitrogens with one attached hydrogen (secondary N) is 1. The Labute approximate surface area is 115 Å². The van der Waals surface area contributed by atoms with E-state index in [0.717, 1.165) is 21.9 Å². The summed E-state index contributed by atoms with van der Waals surface area (Å²) >= 11 is 1.63. The molecule has 0 spiro atoms. The third kappa shape index (κ3) is 2.62. The maximum atomic E-state index is 11.3. The van der Waals surface area contributed by atoms with Gasteiger partial charge in [0.05, 0.1) is 12.5 Å². The SMILES string of the molecule is N[C@@H](COc1ccc2c(c1)CC(=O)N2)c1cccs1. The average Bonchev–Trinajstić information content (AvgIpc) is 3.03. The number of benzene rings is 1. The van der Waals surface area contributed by atoms with Crippen LogP contribution in [0.3, 0.4) is 0 Å². The van der Waals surface area contributed by atoms with Gasteiger partial charge in [0.1, 0.15) is 12.4 Å². The first-order chi connectivity index (χ1) is 9.22. The summed E-state index contributed by atoms with van der Waals surface area (Å²) in [6.45, 7) is 0.431. The van der Waals surface area contributed by atoms with Gasteiger partial charge in [0.15, 0.2) is 0 Å². The van der Waals surface area contributed by atoms with Gasteiger partial charge in [-0.2, -0.15) is 0 Å². The number of fused-ring (bicyclic) bond motifs is 1. The molecule has 5 heteroatoms. The predicted octanol–water partition coefficient (Wildman–Crippen LogP) is 2.32. The molecule has 0 radical (unpaired) electrons. The van der Waals surface area contributed by atoms with Crippen molar-refractivity contribution in [1.82, 2.24) is 0 Å². The summed E-state index contributed by atoms with van der Waals surface area (Å²) in [4.78, 5) is 12.4. The second kappa shape index (κ2) is 5.03. The summed E-state index contributed by atoms with van der Waals surface area (Å²) < 4.78 is 5.69. The summed E-state index contributed by atoms with van der Waals surface area (Å²) in [5.74, 6) is 0.782. The normalized spacial score (nSPS) is 14.9. The molecule has 19 heavy (non-hydrogen) atoms. The summed E-state index contributed by atoms with van der Waals surface area (Å²) in [6, 6.07) is 9.48. The largest absolute Gasteiger partial charge is 0.492 e. The van der Waals surface area contributed by atoms with Crippen molar-refractivity contribution in [3.8, 4) is 5.75 Å². The molecule has 2 heterocycles. The molecular weight excluding hydrogens is 260 g/mol. The maximum absolute atomic E-state index is 11.3. The van der Waals surface area contributed by atoms with E-state index in [9.17, 15) is 4.79 Å². The second-order valence-electron chi connectivity index (χ2n) is 4.48. The number of amides is 1. The Hall–Kier alpha value is -1.85. The van der Waals surface area contributed by atoms with Gasteiger partial charge in [0.25, 0.3) is 0 Å². The maximum Gasteiger partial charge on any atom is 0.228 e. The van der Waals surface area contributed by atoms with Gasteiger partial charge in [-0.1, -0.05) is 6.07 Å². The minimum atomic E-state index is -0.118. The predicted molar refractivity (Wildman–Crippen MR) is 75.5 cm³/mol. The van der Waals surface area contributed by atoms with Gasteiger partial charge in [-0.3, -0.25) is 4.79 Å². The van der Waals surface area contributed by atoms with Gasteiger partial charge in [-0.05, 0) is 35.2 Å². The molecule has 1 atom stereocenters. The van der Waals surface area contributed by atoms with E-state index in [2.05, 4.69) is 5.32 Å². The van der Waals surface area contributed by atoms with E-state index in [0.29, 0.717) is 13.0 Å². The topological polar surface area (TPSA) is 64.3 Å². The van der Waals surface area contributed by atoms with Crippen LogP contribution >= 0.6 is 11.3 Å². The van der Waals surface area contributed by atoms with Crippen molar-refractivity contribution < 1.29 is 9.53 Å². The van der Waals surface area contributed by atoms with Gasteiger partial charge >= 0.3 is 0 Å². The smallest absolute Gasteiger partial charge is 0.228 e. The molecule has 3 N–H and O–H groups in total. The van der Waals surface area contributed by atoms with Gasteiger partial charge in [-0.25, -0.2) is 0 Å². The van der Waals surface area contributed by atoms with Gasteiger partial charge in [0, 0.05) is 10.6 Å². The number of anilines is 1. The molecule has 0 bridgehead atoms. The summed E-state index contributed by atoms with van der Waals surface area (Å²) in [6.07, 6.45) is 0.420. The first-order valence-corrected chi connectivity index (χ1v) is 6.95. The second-order valence-corrected chi connectivity index (χ2v) is 5.46. The summed E-state index contributed by atoms with van der Waals surface area (Å²) in [5.41, 5.74) is 7.89. The molecule has 1 aliphatic rings. The van der Waals surface area contributed by atoms with E-state index in [1.807, 2.05) is 35.7 Å². The van der Waals surface area contributed by atoms with Crippen molar-refractivity contribution >= 4 is 22.9 Å². The molecule has 0 saturated carbocycles. The number of rotatable bonds is 4. The fourth-order valence-corrected chi connectivity index (χ4v) is 2.78. The van der Waals surface area contributed by atoms with Gasteiger partial charge in [0.2, 0.25) is 5.91 Å². The lowest BCUT2D eigenvalue weighted by molar-refractivity contribution is -0.115. The van der Waals surface area contributed by atoms with E-state index in [4.69, 9.17) is 10.5 Å². The van der Waals surface area contributed by atoms with Crippen LogP contribution in [0.1, 0.15) is 16.5 Å². The van der Waals surface area contributed by atoms with Crippen LogP contribution < -0.4 is 15.8 Å². The fraction of sp³-hybridized carbons (Fsp3) is 0.214. The molecule has 1 amide bonds. The molecule has 3 rings (SSSR count). The minimum absolute atomic E-state index is 0.0300. The van der Waals surface area contributed by atoms with Crippen molar-refractivity contribution in [2.45, 2.75) is 12.5 Å². The highest BCUT2D eigenvalue weighted by molar-refractivity contribution is 7.10. The number of ether oxygens (including phenoxy) is 1. The molecule has 0 aliphatic carbocycles. The van der Waals surface area contributed by atoms with Crippen LogP contribution in [0.25, 0.3) is 0 Å². The van der Waals surface area contributed by atoms with E-state index in [-0.39, 0.29) is 11.9 Å². The number of thiophene rings is 1. The summed E-state index contributed by atoms with van der Waals surface area (Å²) in [5, 5.41) is 4.80. The lowest BCUT2D eigenvalue weighted by atomic mass is 10.1. The van der Waals surface area contributed by atoms with E-state index in [1.54, 1.807) is 11.3 Å². The highest BCUT2D eigenvalue weighted by atomic mass is 32.1. The standard InChI is InChI=1S/C14H14N2O2S/c15-11(13-2-1-5-19-13)8-18-10-3-4-12-9(6-10)7-14(17)16-12/h1-6,11H,7-8,15H2,(H,16,17)/t11-/m0/s1. The molecule has 0 saturated heterocycles. The molecule has 1 aromatic carbocycles. The number of hydrogen-bond donors (Lipinski definition) is 2. The van der Waals surface area contributed by atoms with Crippen LogP contribution in [-0.4, -0.2) is 12.5 Å². The van der Waals surface area contributed by atoms with Crippen molar-refractivity contribution in [2.75, 3.05) is 11.9 Å². The Bertz CT molecular complexity index is 595. The van der Waals surface area contributed by atoms with Crippen LogP contribution in [0.2, 0.25) is 0 Å². The quantitative estimate of drug-likeness (QED) is 0.899.